The monoisotopic (exact) mass is 373 g/mol. The summed E-state index contributed by atoms with van der Waals surface area (Å²) in [5.74, 6) is 1.93. The highest BCUT2D eigenvalue weighted by Crippen LogP contribution is 2.33. The zero-order chi connectivity index (χ0) is 18.7. The average Bonchev–Trinajstić information content (AvgIpc) is 2.54. The third-order valence-electron chi connectivity index (χ3n) is 3.89. The Bertz CT molecular complexity index is 766. The number of aromatic nitrogens is 2. The van der Waals surface area contributed by atoms with Crippen molar-refractivity contribution >= 4 is 6.09 Å². The highest BCUT2D eigenvalue weighted by Gasteiger charge is 2.37. The molecule has 1 saturated heterocycles. The predicted molar refractivity (Wildman–Crippen MR) is 102 cm³/mol. The van der Waals surface area contributed by atoms with Crippen molar-refractivity contribution in [2.24, 2.45) is 0 Å². The summed E-state index contributed by atoms with van der Waals surface area (Å²) in [6.07, 6.45) is 2.91. The zero-order valence-corrected chi connectivity index (χ0v) is 15.4. The van der Waals surface area contributed by atoms with E-state index in [1.54, 1.807) is 24.4 Å². The van der Waals surface area contributed by atoms with E-state index in [-0.39, 0.29) is 19.4 Å². The van der Waals surface area contributed by atoms with Gasteiger partial charge in [0.1, 0.15) is 22.8 Å². The van der Waals surface area contributed by atoms with E-state index in [4.69, 9.17) is 14.2 Å². The van der Waals surface area contributed by atoms with Gasteiger partial charge in [0, 0.05) is 31.4 Å². The fourth-order valence-electron chi connectivity index (χ4n) is 2.58. The van der Waals surface area contributed by atoms with Gasteiger partial charge in [0.05, 0.1) is 7.11 Å². The fourth-order valence-corrected chi connectivity index (χ4v) is 2.58. The van der Waals surface area contributed by atoms with Crippen LogP contribution in [-0.2, 0) is 4.74 Å². The van der Waals surface area contributed by atoms with Crippen LogP contribution in [0.3, 0.4) is 0 Å². The van der Waals surface area contributed by atoms with Crippen LogP contribution in [0.2, 0.25) is 0 Å². The lowest BCUT2D eigenvalue weighted by molar-refractivity contribution is 0.00764. The van der Waals surface area contributed by atoms with Gasteiger partial charge in [-0.15, -0.1) is 0 Å². The molecule has 146 valence electrons. The van der Waals surface area contributed by atoms with Crippen molar-refractivity contribution in [1.82, 2.24) is 14.9 Å². The number of methoxy groups -OCH3 is 1. The molecule has 0 N–H and O–H groups in total. The first-order valence-corrected chi connectivity index (χ1v) is 8.46. The van der Waals surface area contributed by atoms with E-state index >= 15 is 0 Å². The van der Waals surface area contributed by atoms with Crippen molar-refractivity contribution in [2.75, 3.05) is 20.2 Å². The molecule has 1 aliphatic rings. The Morgan fingerprint density at radius 3 is 2.26 bits per heavy atom. The molecule has 2 heterocycles. The molecule has 0 spiro atoms. The normalized spacial score (nSPS) is 14.0. The zero-order valence-electron chi connectivity index (χ0n) is 15.4. The van der Waals surface area contributed by atoms with Gasteiger partial charge in [-0.05, 0) is 45.0 Å². The van der Waals surface area contributed by atoms with E-state index in [1.807, 2.05) is 45.0 Å². The van der Waals surface area contributed by atoms with Crippen molar-refractivity contribution in [3.8, 4) is 17.4 Å². The summed E-state index contributed by atoms with van der Waals surface area (Å²) in [5, 5.41) is 0. The van der Waals surface area contributed by atoms with Crippen LogP contribution in [0.15, 0.2) is 36.7 Å². The highest BCUT2D eigenvalue weighted by atomic mass is 16.6. The minimum absolute atomic E-state index is 0. The third kappa shape index (κ3) is 5.09. The van der Waals surface area contributed by atoms with Crippen molar-refractivity contribution in [3.05, 3.63) is 42.4 Å². The Morgan fingerprint density at radius 1 is 1.07 bits per heavy atom. The van der Waals surface area contributed by atoms with Gasteiger partial charge in [-0.25, -0.2) is 9.78 Å². The molecule has 7 heteroatoms. The van der Waals surface area contributed by atoms with Crippen LogP contribution in [0.25, 0.3) is 0 Å². The predicted octanol–water partition coefficient (Wildman–Crippen LogP) is 4.25. The molecule has 0 bridgehead atoms. The van der Waals surface area contributed by atoms with E-state index in [9.17, 15) is 4.79 Å². The number of amides is 1. The van der Waals surface area contributed by atoms with Crippen LogP contribution >= 0.6 is 0 Å². The Hall–Kier alpha value is -2.83. The first-order chi connectivity index (χ1) is 12.4. The Balaban J connectivity index is 0.00000261. The maximum Gasteiger partial charge on any atom is 0.410 e. The number of benzene rings is 1. The molecule has 3 rings (SSSR count). The standard InChI is InChI=1S/C19H23N3O4.CH4/c1-19(2,3)26-18(23)22-11-13(12-22)16-17(21-10-9-20-16)25-15-7-5-14(24-4)6-8-15;/h5-10,13H,11-12H2,1-4H3;1H4. The molecule has 1 aliphatic heterocycles. The minimum atomic E-state index is -0.503. The van der Waals surface area contributed by atoms with Crippen LogP contribution < -0.4 is 9.47 Å². The molecule has 2 aromatic rings. The Morgan fingerprint density at radius 2 is 1.67 bits per heavy atom. The second kappa shape index (κ2) is 8.24. The summed E-state index contributed by atoms with van der Waals surface area (Å²) < 4.78 is 16.4. The van der Waals surface area contributed by atoms with Crippen molar-refractivity contribution < 1.29 is 19.0 Å². The number of carbonyl (C=O) groups is 1. The van der Waals surface area contributed by atoms with Gasteiger partial charge >= 0.3 is 6.09 Å². The number of hydrogen-bond acceptors (Lipinski definition) is 6. The van der Waals surface area contributed by atoms with Crippen molar-refractivity contribution in [3.63, 3.8) is 0 Å². The Kier molecular flexibility index (Phi) is 6.25. The summed E-state index contributed by atoms with van der Waals surface area (Å²) in [6.45, 7) is 6.63. The summed E-state index contributed by atoms with van der Waals surface area (Å²) in [7, 11) is 1.61. The summed E-state index contributed by atoms with van der Waals surface area (Å²) in [4.78, 5) is 22.4. The first-order valence-electron chi connectivity index (χ1n) is 8.46. The SMILES string of the molecule is C.COc1ccc(Oc2nccnc2C2CN(C(=O)OC(C)(C)C)C2)cc1. The largest absolute Gasteiger partial charge is 0.497 e. The number of carbonyl (C=O) groups excluding carboxylic acids is 1. The maximum absolute atomic E-state index is 12.1. The number of hydrogen-bond donors (Lipinski definition) is 0. The van der Waals surface area contributed by atoms with Gasteiger partial charge in [-0.2, -0.15) is 0 Å². The molecule has 0 unspecified atom stereocenters. The minimum Gasteiger partial charge on any atom is -0.497 e. The van der Waals surface area contributed by atoms with Crippen LogP contribution in [0.5, 0.6) is 17.4 Å². The lowest BCUT2D eigenvalue weighted by Crippen LogP contribution is -2.50. The number of nitrogens with zero attached hydrogens (tertiary/aromatic N) is 3. The van der Waals surface area contributed by atoms with Gasteiger partial charge in [-0.3, -0.25) is 4.98 Å². The number of likely N-dealkylation sites (tertiary alicyclic amines) is 1. The van der Waals surface area contributed by atoms with Crippen LogP contribution in [0.4, 0.5) is 4.79 Å². The van der Waals surface area contributed by atoms with Gasteiger partial charge < -0.3 is 19.1 Å². The average molecular weight is 373 g/mol. The number of ether oxygens (including phenoxy) is 3. The lowest BCUT2D eigenvalue weighted by Gasteiger charge is -2.39. The molecule has 0 saturated carbocycles. The molecule has 1 aromatic carbocycles. The molecule has 7 nitrogen and oxygen atoms in total. The van der Waals surface area contributed by atoms with E-state index in [2.05, 4.69) is 9.97 Å². The molecule has 1 fully saturated rings. The molecule has 0 radical (unpaired) electrons. The van der Waals surface area contributed by atoms with E-state index in [0.717, 1.165) is 11.4 Å². The van der Waals surface area contributed by atoms with Gasteiger partial charge in [-0.1, -0.05) is 7.43 Å². The number of rotatable bonds is 4. The lowest BCUT2D eigenvalue weighted by atomic mass is 9.97. The second-order valence-electron chi connectivity index (χ2n) is 7.11. The van der Waals surface area contributed by atoms with E-state index < -0.39 is 5.60 Å². The topological polar surface area (TPSA) is 73.8 Å². The Labute approximate surface area is 160 Å². The van der Waals surface area contributed by atoms with Crippen LogP contribution in [0.1, 0.15) is 39.8 Å². The molecule has 0 aliphatic carbocycles. The molecule has 1 aromatic heterocycles. The molecule has 27 heavy (non-hydrogen) atoms. The van der Waals surface area contributed by atoms with Gasteiger partial charge in [0.2, 0.25) is 5.88 Å². The molecule has 0 atom stereocenters. The van der Waals surface area contributed by atoms with Gasteiger partial charge in [0.25, 0.3) is 0 Å². The third-order valence-corrected chi connectivity index (χ3v) is 3.89. The highest BCUT2D eigenvalue weighted by molar-refractivity contribution is 5.69. The quantitative estimate of drug-likeness (QED) is 0.798. The summed E-state index contributed by atoms with van der Waals surface area (Å²) >= 11 is 0. The van der Waals surface area contributed by atoms with Crippen LogP contribution in [0, 0.1) is 0 Å². The molecule has 1 amide bonds. The first kappa shape index (κ1) is 20.5. The second-order valence-corrected chi connectivity index (χ2v) is 7.11. The van der Waals surface area contributed by atoms with Crippen molar-refractivity contribution in [2.45, 2.75) is 39.7 Å². The smallest absolute Gasteiger partial charge is 0.410 e. The van der Waals surface area contributed by atoms with E-state index in [1.165, 1.54) is 0 Å². The summed E-state index contributed by atoms with van der Waals surface area (Å²) in [6, 6.07) is 7.26. The molecular weight excluding hydrogens is 346 g/mol. The van der Waals surface area contributed by atoms with E-state index in [0.29, 0.717) is 24.7 Å². The van der Waals surface area contributed by atoms with Crippen molar-refractivity contribution in [1.29, 1.82) is 0 Å². The van der Waals surface area contributed by atoms with Crippen LogP contribution in [-0.4, -0.2) is 46.8 Å². The summed E-state index contributed by atoms with van der Waals surface area (Å²) in [5.41, 5.74) is 0.236. The molecular formula is C20H27N3O4. The maximum atomic E-state index is 12.1. The van der Waals surface area contributed by atoms with Gasteiger partial charge in [0.15, 0.2) is 0 Å². The fraction of sp³-hybridized carbons (Fsp3) is 0.450.